The molecule has 0 heterocycles. The first-order chi connectivity index (χ1) is 14.2. The van der Waals surface area contributed by atoms with E-state index in [1.54, 1.807) is 0 Å². The van der Waals surface area contributed by atoms with Crippen LogP contribution in [0, 0.1) is 5.92 Å². The maximum Gasteiger partial charge on any atom is 0.417 e. The SMILES string of the molecule is CCC(CC)CNC(C)[C@@H](NC(=O)c1cccc(C(F)(F)F)c1Cl)c1ccccc1. The highest BCUT2D eigenvalue weighted by molar-refractivity contribution is 6.34. The van der Waals surface area contributed by atoms with Crippen LogP contribution >= 0.6 is 11.6 Å². The zero-order chi connectivity index (χ0) is 22.3. The van der Waals surface area contributed by atoms with Crippen molar-refractivity contribution in [2.75, 3.05) is 6.54 Å². The van der Waals surface area contributed by atoms with Crippen LogP contribution < -0.4 is 10.6 Å². The molecule has 1 amide bonds. The Balaban J connectivity index is 2.27. The summed E-state index contributed by atoms with van der Waals surface area (Å²) in [5, 5.41) is 5.75. The number of benzene rings is 2. The van der Waals surface area contributed by atoms with Gasteiger partial charge in [0, 0.05) is 6.04 Å². The molecule has 0 aliphatic carbocycles. The number of hydrogen-bond donors (Lipinski definition) is 2. The molecule has 7 heteroatoms. The van der Waals surface area contributed by atoms with Crippen molar-refractivity contribution >= 4 is 17.5 Å². The van der Waals surface area contributed by atoms with Crippen molar-refractivity contribution in [3.05, 3.63) is 70.2 Å². The highest BCUT2D eigenvalue weighted by Crippen LogP contribution is 2.36. The average molecular weight is 441 g/mol. The number of carbonyl (C=O) groups excluding carboxylic acids is 1. The zero-order valence-corrected chi connectivity index (χ0v) is 18.1. The summed E-state index contributed by atoms with van der Waals surface area (Å²) in [5.41, 5.74) is -0.355. The molecule has 30 heavy (non-hydrogen) atoms. The fourth-order valence-corrected chi connectivity index (χ4v) is 3.67. The van der Waals surface area contributed by atoms with Crippen LogP contribution in [0.5, 0.6) is 0 Å². The monoisotopic (exact) mass is 440 g/mol. The van der Waals surface area contributed by atoms with Gasteiger partial charge < -0.3 is 10.6 Å². The van der Waals surface area contributed by atoms with Gasteiger partial charge in [0.25, 0.3) is 5.91 Å². The molecule has 0 saturated carbocycles. The van der Waals surface area contributed by atoms with Crippen LogP contribution in [0.1, 0.15) is 61.1 Å². The second-order valence-corrected chi connectivity index (χ2v) is 7.78. The van der Waals surface area contributed by atoms with Crippen molar-refractivity contribution in [1.82, 2.24) is 10.6 Å². The molecule has 2 aromatic carbocycles. The van der Waals surface area contributed by atoms with E-state index in [9.17, 15) is 18.0 Å². The number of alkyl halides is 3. The largest absolute Gasteiger partial charge is 0.417 e. The Morgan fingerprint density at radius 1 is 1.03 bits per heavy atom. The van der Waals surface area contributed by atoms with E-state index in [1.807, 2.05) is 37.3 Å². The molecule has 2 rings (SSSR count). The van der Waals surface area contributed by atoms with Gasteiger partial charge in [0.1, 0.15) is 0 Å². The molecule has 2 N–H and O–H groups in total. The number of halogens is 4. The number of amides is 1. The van der Waals surface area contributed by atoms with Crippen LogP contribution in [0.2, 0.25) is 5.02 Å². The second kappa shape index (κ2) is 10.8. The Morgan fingerprint density at radius 3 is 2.23 bits per heavy atom. The van der Waals surface area contributed by atoms with Gasteiger partial charge in [0.15, 0.2) is 0 Å². The van der Waals surface area contributed by atoms with Gasteiger partial charge in [-0.15, -0.1) is 0 Å². The minimum absolute atomic E-state index is 0.137. The van der Waals surface area contributed by atoms with Gasteiger partial charge in [-0.05, 0) is 37.1 Å². The van der Waals surface area contributed by atoms with E-state index in [0.717, 1.165) is 31.0 Å². The van der Waals surface area contributed by atoms with Gasteiger partial charge in [0.2, 0.25) is 0 Å². The standard InChI is InChI=1S/C23H28ClF3N2O/c1-4-16(5-2)14-28-15(3)21(17-10-7-6-8-11-17)29-22(30)18-12-9-13-19(20(18)24)23(25,26)27/h6-13,15-16,21,28H,4-5,14H2,1-3H3,(H,29,30)/t15?,21-/m1/s1. The van der Waals surface area contributed by atoms with E-state index in [4.69, 9.17) is 11.6 Å². The van der Waals surface area contributed by atoms with E-state index < -0.39 is 28.7 Å². The van der Waals surface area contributed by atoms with Crippen LogP contribution in [-0.4, -0.2) is 18.5 Å². The van der Waals surface area contributed by atoms with Crippen LogP contribution in [-0.2, 0) is 6.18 Å². The highest BCUT2D eigenvalue weighted by Gasteiger charge is 2.35. The normalized spacial score (nSPS) is 13.9. The summed E-state index contributed by atoms with van der Waals surface area (Å²) in [7, 11) is 0. The van der Waals surface area contributed by atoms with E-state index in [1.165, 1.54) is 12.1 Å². The fraction of sp³-hybridized carbons (Fsp3) is 0.435. The fourth-order valence-electron chi connectivity index (χ4n) is 3.35. The quantitative estimate of drug-likeness (QED) is 0.484. The van der Waals surface area contributed by atoms with Crippen LogP contribution in [0.15, 0.2) is 48.5 Å². The number of hydrogen-bond acceptors (Lipinski definition) is 2. The third-order valence-electron chi connectivity index (χ3n) is 5.38. The first kappa shape index (κ1) is 24.2. The average Bonchev–Trinajstić information content (AvgIpc) is 2.72. The lowest BCUT2D eigenvalue weighted by Crippen LogP contribution is -2.43. The highest BCUT2D eigenvalue weighted by atomic mass is 35.5. The van der Waals surface area contributed by atoms with Crippen molar-refractivity contribution in [2.24, 2.45) is 5.92 Å². The molecule has 0 bridgehead atoms. The van der Waals surface area contributed by atoms with E-state index in [-0.39, 0.29) is 11.6 Å². The Hall–Kier alpha value is -2.05. The predicted molar refractivity (Wildman–Crippen MR) is 115 cm³/mol. The molecule has 2 atom stereocenters. The van der Waals surface area contributed by atoms with Crippen LogP contribution in [0.25, 0.3) is 0 Å². The molecule has 1 unspecified atom stereocenters. The minimum Gasteiger partial charge on any atom is -0.344 e. The molecule has 0 spiro atoms. The summed E-state index contributed by atoms with van der Waals surface area (Å²) >= 11 is 5.94. The topological polar surface area (TPSA) is 41.1 Å². The number of nitrogens with one attached hydrogen (secondary N) is 2. The second-order valence-electron chi connectivity index (χ2n) is 7.41. The molecule has 164 valence electrons. The van der Waals surface area contributed by atoms with E-state index >= 15 is 0 Å². The third kappa shape index (κ3) is 6.22. The molecule has 0 aliphatic heterocycles. The van der Waals surface area contributed by atoms with Gasteiger partial charge in [-0.3, -0.25) is 4.79 Å². The maximum atomic E-state index is 13.2. The molecular formula is C23H28ClF3N2O. The third-order valence-corrected chi connectivity index (χ3v) is 5.78. The van der Waals surface area contributed by atoms with Gasteiger partial charge >= 0.3 is 6.18 Å². The minimum atomic E-state index is -4.63. The predicted octanol–water partition coefficient (Wildman–Crippen LogP) is 6.24. The molecule has 2 aromatic rings. The van der Waals surface area contributed by atoms with Crippen LogP contribution in [0.4, 0.5) is 13.2 Å². The number of rotatable bonds is 9. The van der Waals surface area contributed by atoms with Gasteiger partial charge in [-0.25, -0.2) is 0 Å². The van der Waals surface area contributed by atoms with Crippen molar-refractivity contribution < 1.29 is 18.0 Å². The van der Waals surface area contributed by atoms with Crippen LogP contribution in [0.3, 0.4) is 0 Å². The molecule has 0 aliphatic rings. The van der Waals surface area contributed by atoms with E-state index in [2.05, 4.69) is 24.5 Å². The Morgan fingerprint density at radius 2 is 1.67 bits per heavy atom. The van der Waals surface area contributed by atoms with Gasteiger partial charge in [-0.1, -0.05) is 74.7 Å². The number of carbonyl (C=O) groups is 1. The van der Waals surface area contributed by atoms with Crippen molar-refractivity contribution in [1.29, 1.82) is 0 Å². The lowest BCUT2D eigenvalue weighted by molar-refractivity contribution is -0.137. The van der Waals surface area contributed by atoms with Crippen molar-refractivity contribution in [3.8, 4) is 0 Å². The first-order valence-electron chi connectivity index (χ1n) is 10.1. The first-order valence-corrected chi connectivity index (χ1v) is 10.5. The molecule has 0 aromatic heterocycles. The molecular weight excluding hydrogens is 413 g/mol. The van der Waals surface area contributed by atoms with Crippen molar-refractivity contribution in [2.45, 2.75) is 51.9 Å². The summed E-state index contributed by atoms with van der Waals surface area (Å²) < 4.78 is 39.5. The smallest absolute Gasteiger partial charge is 0.344 e. The zero-order valence-electron chi connectivity index (χ0n) is 17.4. The maximum absolute atomic E-state index is 13.2. The summed E-state index contributed by atoms with van der Waals surface area (Å²) in [6.07, 6.45) is -2.55. The van der Waals surface area contributed by atoms with Crippen molar-refractivity contribution in [3.63, 3.8) is 0 Å². The Bertz CT molecular complexity index is 823. The van der Waals surface area contributed by atoms with Gasteiger partial charge in [0.05, 0.1) is 22.2 Å². The summed E-state index contributed by atoms with van der Waals surface area (Å²) in [6, 6.07) is 12.1. The molecule has 0 saturated heterocycles. The summed E-state index contributed by atoms with van der Waals surface area (Å²) in [4.78, 5) is 12.9. The van der Waals surface area contributed by atoms with E-state index in [0.29, 0.717) is 5.92 Å². The van der Waals surface area contributed by atoms with Gasteiger partial charge in [-0.2, -0.15) is 13.2 Å². The Kier molecular flexibility index (Phi) is 8.74. The summed E-state index contributed by atoms with van der Waals surface area (Å²) in [5.74, 6) is -0.131. The summed E-state index contributed by atoms with van der Waals surface area (Å²) in [6.45, 7) is 7.00. The lowest BCUT2D eigenvalue weighted by atomic mass is 9.97. The molecule has 3 nitrogen and oxygen atoms in total. The molecule has 0 radical (unpaired) electrons. The molecule has 0 fully saturated rings. The lowest BCUT2D eigenvalue weighted by Gasteiger charge is -2.28. The Labute approximate surface area is 181 Å².